The van der Waals surface area contributed by atoms with Gasteiger partial charge in [-0.05, 0) is 38.2 Å². The maximum atomic E-state index is 10.5. The van der Waals surface area contributed by atoms with Gasteiger partial charge in [0.2, 0.25) is 0 Å². The van der Waals surface area contributed by atoms with Crippen molar-refractivity contribution in [2.75, 3.05) is 0 Å². The number of nitrogens with two attached hydrogens (primary N) is 1. The molecule has 3 N–H and O–H groups in total. The Hall–Kier alpha value is -0.860. The summed E-state index contributed by atoms with van der Waals surface area (Å²) in [6.45, 7) is 2.06. The van der Waals surface area contributed by atoms with Gasteiger partial charge in [0.05, 0.1) is 5.60 Å². The zero-order valence-electron chi connectivity index (χ0n) is 9.24. The van der Waals surface area contributed by atoms with Crippen molar-refractivity contribution in [1.29, 1.82) is 0 Å². The molecule has 1 fully saturated rings. The lowest BCUT2D eigenvalue weighted by atomic mass is 9.78. The van der Waals surface area contributed by atoms with Crippen molar-refractivity contribution >= 4 is 0 Å². The Labute approximate surface area is 91.1 Å². The Morgan fingerprint density at radius 1 is 1.20 bits per heavy atom. The maximum absolute atomic E-state index is 10.5. The fraction of sp³-hybridized carbons (Fsp3) is 0.538. The average molecular weight is 205 g/mol. The van der Waals surface area contributed by atoms with Crippen LogP contribution in [0.2, 0.25) is 0 Å². The first-order chi connectivity index (χ1) is 7.10. The van der Waals surface area contributed by atoms with Crippen LogP contribution in [0.3, 0.4) is 0 Å². The molecule has 0 atom stereocenters. The van der Waals surface area contributed by atoms with Gasteiger partial charge in [-0.3, -0.25) is 0 Å². The molecular weight excluding hydrogens is 186 g/mol. The summed E-state index contributed by atoms with van der Waals surface area (Å²) in [4.78, 5) is 0. The summed E-state index contributed by atoms with van der Waals surface area (Å²) in [6, 6.07) is 8.46. The van der Waals surface area contributed by atoms with E-state index < -0.39 is 5.60 Å². The lowest BCUT2D eigenvalue weighted by molar-refractivity contribution is -0.00496. The van der Waals surface area contributed by atoms with Crippen molar-refractivity contribution in [3.63, 3.8) is 0 Å². The molecule has 0 unspecified atom stereocenters. The van der Waals surface area contributed by atoms with Crippen molar-refractivity contribution in [2.45, 2.75) is 44.2 Å². The van der Waals surface area contributed by atoms with Gasteiger partial charge in [-0.2, -0.15) is 0 Å². The third kappa shape index (κ3) is 2.21. The molecule has 82 valence electrons. The summed E-state index contributed by atoms with van der Waals surface area (Å²) in [7, 11) is 0. The Balaban J connectivity index is 2.18. The minimum Gasteiger partial charge on any atom is -0.385 e. The quantitative estimate of drug-likeness (QED) is 0.737. The molecule has 0 heterocycles. The van der Waals surface area contributed by atoms with E-state index in [1.807, 2.05) is 12.1 Å². The standard InChI is InChI=1S/C13H19NO/c1-10-2-4-11(5-3-10)13(15)8-6-12(14)7-9-13/h2-5,12,15H,6-9,14H2,1H3. The second kappa shape index (κ2) is 3.95. The second-order valence-electron chi connectivity index (χ2n) is 4.74. The number of aryl methyl sites for hydroxylation is 1. The third-order valence-electron chi connectivity index (χ3n) is 3.45. The lowest BCUT2D eigenvalue weighted by Gasteiger charge is -2.35. The van der Waals surface area contributed by atoms with Crippen LogP contribution in [-0.2, 0) is 5.60 Å². The highest BCUT2D eigenvalue weighted by Crippen LogP contribution is 2.36. The van der Waals surface area contributed by atoms with Crippen LogP contribution in [0, 0.1) is 6.92 Å². The van der Waals surface area contributed by atoms with Gasteiger partial charge in [-0.15, -0.1) is 0 Å². The Morgan fingerprint density at radius 3 is 2.27 bits per heavy atom. The summed E-state index contributed by atoms with van der Waals surface area (Å²) in [5, 5.41) is 10.5. The van der Waals surface area contributed by atoms with Crippen molar-refractivity contribution in [3.05, 3.63) is 35.4 Å². The molecule has 1 aromatic carbocycles. The van der Waals surface area contributed by atoms with E-state index in [4.69, 9.17) is 5.73 Å². The Morgan fingerprint density at radius 2 is 1.73 bits per heavy atom. The Bertz CT molecular complexity index is 323. The average Bonchev–Trinajstić information content (AvgIpc) is 2.24. The minimum absolute atomic E-state index is 0.274. The van der Waals surface area contributed by atoms with E-state index in [0.29, 0.717) is 0 Å². The van der Waals surface area contributed by atoms with Crippen LogP contribution in [0.5, 0.6) is 0 Å². The van der Waals surface area contributed by atoms with E-state index in [1.54, 1.807) is 0 Å². The summed E-state index contributed by atoms with van der Waals surface area (Å²) in [6.07, 6.45) is 3.42. The highest BCUT2D eigenvalue weighted by molar-refractivity contribution is 5.27. The zero-order valence-corrected chi connectivity index (χ0v) is 9.24. The van der Waals surface area contributed by atoms with Crippen LogP contribution < -0.4 is 5.73 Å². The summed E-state index contributed by atoms with van der Waals surface area (Å²) in [5.41, 5.74) is 7.48. The van der Waals surface area contributed by atoms with Crippen molar-refractivity contribution < 1.29 is 5.11 Å². The van der Waals surface area contributed by atoms with Crippen molar-refractivity contribution in [3.8, 4) is 0 Å². The first-order valence-corrected chi connectivity index (χ1v) is 5.65. The fourth-order valence-electron chi connectivity index (χ4n) is 2.27. The normalized spacial score (nSPS) is 31.5. The number of aliphatic hydroxyl groups is 1. The van der Waals surface area contributed by atoms with Crippen molar-refractivity contribution in [1.82, 2.24) is 0 Å². The number of hydrogen-bond donors (Lipinski definition) is 2. The van der Waals surface area contributed by atoms with E-state index in [1.165, 1.54) is 5.56 Å². The summed E-state index contributed by atoms with van der Waals surface area (Å²) >= 11 is 0. The van der Waals surface area contributed by atoms with E-state index >= 15 is 0 Å². The van der Waals surface area contributed by atoms with E-state index in [-0.39, 0.29) is 6.04 Å². The summed E-state index contributed by atoms with van der Waals surface area (Å²) in [5.74, 6) is 0. The molecular formula is C13H19NO. The van der Waals surface area contributed by atoms with Gasteiger partial charge in [0, 0.05) is 6.04 Å². The second-order valence-corrected chi connectivity index (χ2v) is 4.74. The molecule has 0 radical (unpaired) electrons. The number of rotatable bonds is 1. The molecule has 1 aliphatic rings. The smallest absolute Gasteiger partial charge is 0.0897 e. The van der Waals surface area contributed by atoms with Gasteiger partial charge in [-0.1, -0.05) is 29.8 Å². The predicted molar refractivity (Wildman–Crippen MR) is 61.5 cm³/mol. The van der Waals surface area contributed by atoms with Gasteiger partial charge in [0.15, 0.2) is 0 Å². The van der Waals surface area contributed by atoms with Crippen LogP contribution >= 0.6 is 0 Å². The van der Waals surface area contributed by atoms with Gasteiger partial charge < -0.3 is 10.8 Å². The van der Waals surface area contributed by atoms with Gasteiger partial charge >= 0.3 is 0 Å². The minimum atomic E-state index is -0.635. The molecule has 2 nitrogen and oxygen atoms in total. The largest absolute Gasteiger partial charge is 0.385 e. The number of benzene rings is 1. The topological polar surface area (TPSA) is 46.2 Å². The molecule has 0 aromatic heterocycles. The molecule has 0 bridgehead atoms. The molecule has 0 amide bonds. The highest BCUT2D eigenvalue weighted by atomic mass is 16.3. The van der Waals surface area contributed by atoms with Crippen molar-refractivity contribution in [2.24, 2.45) is 5.73 Å². The lowest BCUT2D eigenvalue weighted by Crippen LogP contribution is -2.36. The van der Waals surface area contributed by atoms with Crippen LogP contribution in [0.1, 0.15) is 36.8 Å². The van der Waals surface area contributed by atoms with E-state index in [0.717, 1.165) is 31.2 Å². The molecule has 1 aliphatic carbocycles. The molecule has 2 heteroatoms. The summed E-state index contributed by atoms with van der Waals surface area (Å²) < 4.78 is 0. The molecule has 0 aliphatic heterocycles. The van der Waals surface area contributed by atoms with E-state index in [9.17, 15) is 5.11 Å². The maximum Gasteiger partial charge on any atom is 0.0897 e. The van der Waals surface area contributed by atoms with Crippen LogP contribution in [0.25, 0.3) is 0 Å². The van der Waals surface area contributed by atoms with E-state index in [2.05, 4.69) is 19.1 Å². The molecule has 15 heavy (non-hydrogen) atoms. The van der Waals surface area contributed by atoms with Crippen LogP contribution in [0.4, 0.5) is 0 Å². The molecule has 1 aromatic rings. The van der Waals surface area contributed by atoms with Gasteiger partial charge in [-0.25, -0.2) is 0 Å². The Kier molecular flexibility index (Phi) is 2.81. The molecule has 1 saturated carbocycles. The van der Waals surface area contributed by atoms with Gasteiger partial charge in [0.1, 0.15) is 0 Å². The predicted octanol–water partition coefficient (Wildman–Crippen LogP) is 2.08. The first-order valence-electron chi connectivity index (χ1n) is 5.65. The molecule has 0 spiro atoms. The first kappa shape index (κ1) is 10.7. The molecule has 0 saturated heterocycles. The van der Waals surface area contributed by atoms with Crippen LogP contribution in [-0.4, -0.2) is 11.1 Å². The third-order valence-corrected chi connectivity index (χ3v) is 3.45. The monoisotopic (exact) mass is 205 g/mol. The fourth-order valence-corrected chi connectivity index (χ4v) is 2.27. The molecule has 2 rings (SSSR count). The SMILES string of the molecule is Cc1ccc(C2(O)CCC(N)CC2)cc1. The van der Waals surface area contributed by atoms with Crippen LogP contribution in [0.15, 0.2) is 24.3 Å². The highest BCUT2D eigenvalue weighted by Gasteiger charge is 2.33. The van der Waals surface area contributed by atoms with Gasteiger partial charge in [0.25, 0.3) is 0 Å². The number of hydrogen-bond acceptors (Lipinski definition) is 2. The zero-order chi connectivity index (χ0) is 10.9.